The van der Waals surface area contributed by atoms with Crippen LogP contribution in [0.3, 0.4) is 0 Å². The van der Waals surface area contributed by atoms with Gasteiger partial charge in [0, 0.05) is 16.3 Å². The Bertz CT molecular complexity index is 1160. The first-order valence-corrected chi connectivity index (χ1v) is 10.2. The summed E-state index contributed by atoms with van der Waals surface area (Å²) in [6.07, 6.45) is 6.36. The molecule has 4 nitrogen and oxygen atoms in total. The second kappa shape index (κ2) is 6.06. The molecule has 0 unspecified atom stereocenters. The molecular weight excluding hydrogens is 458 g/mol. The quantitative estimate of drug-likeness (QED) is 0.363. The van der Waals surface area contributed by atoms with Crippen molar-refractivity contribution in [1.82, 2.24) is 15.2 Å². The van der Waals surface area contributed by atoms with Crippen LogP contribution in [0.15, 0.2) is 39.4 Å². The van der Waals surface area contributed by atoms with Gasteiger partial charge in [0.05, 0.1) is 31.9 Å². The smallest absolute Gasteiger partial charge is 0.143 e. The van der Waals surface area contributed by atoms with Crippen LogP contribution in [0.5, 0.6) is 5.75 Å². The molecular formula is C20H15Br2N3O. The van der Waals surface area contributed by atoms with Crippen LogP contribution >= 0.6 is 31.9 Å². The van der Waals surface area contributed by atoms with Gasteiger partial charge in [0.1, 0.15) is 5.75 Å². The largest absolute Gasteiger partial charge is 0.506 e. The number of phenolic OH excluding ortho intramolecular Hbond substituents is 1. The number of aromatic hydroxyl groups is 1. The molecule has 2 heterocycles. The lowest BCUT2D eigenvalue weighted by Gasteiger charge is -2.22. The van der Waals surface area contributed by atoms with E-state index in [0.717, 1.165) is 40.5 Å². The molecule has 0 bridgehead atoms. The number of rotatable bonds is 1. The molecule has 1 aliphatic rings. The number of H-pyrrole nitrogens is 1. The zero-order valence-electron chi connectivity index (χ0n) is 13.8. The van der Waals surface area contributed by atoms with Crippen LogP contribution in [-0.2, 0) is 12.8 Å². The molecule has 6 heteroatoms. The molecule has 0 amide bonds. The Hall–Kier alpha value is -1.92. The molecule has 0 radical (unpaired) electrons. The van der Waals surface area contributed by atoms with Gasteiger partial charge >= 0.3 is 0 Å². The van der Waals surface area contributed by atoms with E-state index in [1.807, 2.05) is 24.4 Å². The minimum Gasteiger partial charge on any atom is -0.506 e. The van der Waals surface area contributed by atoms with Crippen LogP contribution in [-0.4, -0.2) is 20.3 Å². The number of pyridine rings is 1. The lowest BCUT2D eigenvalue weighted by molar-refractivity contribution is 0.468. The highest BCUT2D eigenvalue weighted by Gasteiger charge is 2.22. The molecule has 5 rings (SSSR count). The molecule has 0 aliphatic heterocycles. The maximum atomic E-state index is 10.1. The monoisotopic (exact) mass is 471 g/mol. The van der Waals surface area contributed by atoms with Gasteiger partial charge in [-0.15, -0.1) is 0 Å². The van der Waals surface area contributed by atoms with Crippen molar-refractivity contribution in [3.8, 4) is 17.0 Å². The van der Waals surface area contributed by atoms with Gasteiger partial charge in [-0.3, -0.25) is 5.10 Å². The summed E-state index contributed by atoms with van der Waals surface area (Å²) < 4.78 is 1.33. The average molecular weight is 473 g/mol. The average Bonchev–Trinajstić information content (AvgIpc) is 3.13. The zero-order chi connectivity index (χ0) is 17.8. The number of nitrogens with zero attached hydrogens (tertiary/aromatic N) is 2. The van der Waals surface area contributed by atoms with Crippen molar-refractivity contribution >= 4 is 53.7 Å². The van der Waals surface area contributed by atoms with Gasteiger partial charge in [0.2, 0.25) is 0 Å². The van der Waals surface area contributed by atoms with Crippen molar-refractivity contribution in [3.63, 3.8) is 0 Å². The van der Waals surface area contributed by atoms with Gasteiger partial charge in [-0.25, -0.2) is 4.98 Å². The molecule has 1 aliphatic carbocycles. The van der Waals surface area contributed by atoms with E-state index >= 15 is 0 Å². The number of aryl methyl sites for hydroxylation is 1. The summed E-state index contributed by atoms with van der Waals surface area (Å²) >= 11 is 6.89. The standard InChI is InChI=1S/C20H15Br2N3O/c21-14-7-10(8-15(22)20(14)26)19-12-4-2-1-3-11(12)18-13-9-23-25-16(13)5-6-17(18)24-19/h5-9,26H,1-4H2,(H,23,25). The van der Waals surface area contributed by atoms with Crippen LogP contribution in [0.25, 0.3) is 33.1 Å². The number of phenols is 1. The summed E-state index contributed by atoms with van der Waals surface area (Å²) in [4.78, 5) is 5.04. The third-order valence-corrected chi connectivity index (χ3v) is 6.39. The molecule has 0 spiro atoms. The first-order chi connectivity index (χ1) is 12.6. The van der Waals surface area contributed by atoms with Crippen LogP contribution in [0.1, 0.15) is 24.0 Å². The maximum Gasteiger partial charge on any atom is 0.143 e. The van der Waals surface area contributed by atoms with Gasteiger partial charge in [-0.05, 0) is 92.9 Å². The number of benzene rings is 2. The molecule has 2 aromatic carbocycles. The fourth-order valence-corrected chi connectivity index (χ4v) is 5.17. The summed E-state index contributed by atoms with van der Waals surface area (Å²) in [7, 11) is 0. The van der Waals surface area contributed by atoms with Gasteiger partial charge in [0.15, 0.2) is 0 Å². The van der Waals surface area contributed by atoms with Gasteiger partial charge in [-0.2, -0.15) is 5.10 Å². The van der Waals surface area contributed by atoms with Crippen molar-refractivity contribution in [3.05, 3.63) is 50.5 Å². The predicted octanol–water partition coefficient (Wildman–Crippen LogP) is 5.89. The number of halogens is 2. The van der Waals surface area contributed by atoms with E-state index in [0.29, 0.717) is 8.95 Å². The fourth-order valence-electron chi connectivity index (χ4n) is 3.99. The molecule has 2 N–H and O–H groups in total. The molecule has 0 fully saturated rings. The predicted molar refractivity (Wildman–Crippen MR) is 111 cm³/mol. The van der Waals surface area contributed by atoms with Crippen molar-refractivity contribution in [2.75, 3.05) is 0 Å². The van der Waals surface area contributed by atoms with Crippen molar-refractivity contribution < 1.29 is 5.11 Å². The minimum atomic E-state index is 0.212. The lowest BCUT2D eigenvalue weighted by Crippen LogP contribution is -2.08. The number of aromatic amines is 1. The molecule has 0 saturated carbocycles. The van der Waals surface area contributed by atoms with E-state index in [-0.39, 0.29) is 5.75 Å². The number of nitrogens with one attached hydrogen (secondary N) is 1. The van der Waals surface area contributed by atoms with Crippen molar-refractivity contribution in [1.29, 1.82) is 0 Å². The second-order valence-electron chi connectivity index (χ2n) is 6.70. The molecule has 0 atom stereocenters. The van der Waals surface area contributed by atoms with Crippen molar-refractivity contribution in [2.24, 2.45) is 0 Å². The Kier molecular flexibility index (Phi) is 3.79. The third-order valence-electron chi connectivity index (χ3n) is 5.18. The summed E-state index contributed by atoms with van der Waals surface area (Å²) in [6, 6.07) is 8.00. The number of aromatic nitrogens is 3. The second-order valence-corrected chi connectivity index (χ2v) is 8.41. The van der Waals surface area contributed by atoms with Gasteiger partial charge in [-0.1, -0.05) is 0 Å². The first-order valence-electron chi connectivity index (χ1n) is 8.59. The summed E-state index contributed by atoms with van der Waals surface area (Å²) in [5.74, 6) is 0.212. The van der Waals surface area contributed by atoms with Gasteiger partial charge in [0.25, 0.3) is 0 Å². The fraction of sp³-hybridized carbons (Fsp3) is 0.200. The Labute approximate surface area is 166 Å². The Morgan fingerprint density at radius 2 is 1.73 bits per heavy atom. The lowest BCUT2D eigenvalue weighted by atomic mass is 9.85. The first kappa shape index (κ1) is 16.3. The van der Waals surface area contributed by atoms with Crippen LogP contribution < -0.4 is 0 Å². The molecule has 26 heavy (non-hydrogen) atoms. The summed E-state index contributed by atoms with van der Waals surface area (Å²) in [5, 5.41) is 19.7. The van der Waals surface area contributed by atoms with E-state index in [1.165, 1.54) is 29.4 Å². The highest BCUT2D eigenvalue weighted by atomic mass is 79.9. The van der Waals surface area contributed by atoms with Crippen LogP contribution in [0, 0.1) is 0 Å². The maximum absolute atomic E-state index is 10.1. The van der Waals surface area contributed by atoms with E-state index < -0.39 is 0 Å². The number of hydrogen-bond acceptors (Lipinski definition) is 3. The van der Waals surface area contributed by atoms with E-state index in [1.54, 1.807) is 0 Å². The van der Waals surface area contributed by atoms with E-state index in [2.05, 4.69) is 48.1 Å². The Morgan fingerprint density at radius 1 is 1.00 bits per heavy atom. The highest BCUT2D eigenvalue weighted by Crippen LogP contribution is 2.41. The summed E-state index contributed by atoms with van der Waals surface area (Å²) in [6.45, 7) is 0. The topological polar surface area (TPSA) is 61.8 Å². The highest BCUT2D eigenvalue weighted by molar-refractivity contribution is 9.11. The van der Waals surface area contributed by atoms with Crippen molar-refractivity contribution in [2.45, 2.75) is 25.7 Å². The molecule has 0 saturated heterocycles. The van der Waals surface area contributed by atoms with Gasteiger partial charge < -0.3 is 5.11 Å². The zero-order valence-corrected chi connectivity index (χ0v) is 17.0. The molecule has 2 aromatic heterocycles. The van der Waals surface area contributed by atoms with Crippen LogP contribution in [0.2, 0.25) is 0 Å². The Morgan fingerprint density at radius 3 is 2.50 bits per heavy atom. The summed E-state index contributed by atoms with van der Waals surface area (Å²) in [5.41, 5.74) is 6.78. The third kappa shape index (κ3) is 2.39. The Balaban J connectivity index is 1.88. The number of fused-ring (bicyclic) bond motifs is 5. The van der Waals surface area contributed by atoms with E-state index in [9.17, 15) is 5.11 Å². The minimum absolute atomic E-state index is 0.212. The number of hydrogen-bond donors (Lipinski definition) is 2. The normalized spacial score (nSPS) is 14.1. The molecule has 4 aromatic rings. The SMILES string of the molecule is Oc1c(Br)cc(-c2nc3ccc4[nH]ncc4c3c3c2CCCC3)cc1Br. The van der Waals surface area contributed by atoms with Crippen LogP contribution in [0.4, 0.5) is 0 Å². The van der Waals surface area contributed by atoms with E-state index in [4.69, 9.17) is 4.98 Å². The molecule has 130 valence electrons.